The van der Waals surface area contributed by atoms with Crippen molar-refractivity contribution in [3.8, 4) is 5.75 Å². The van der Waals surface area contributed by atoms with Crippen LogP contribution in [0.2, 0.25) is 0 Å². The Kier molecular flexibility index (Phi) is 4.83. The standard InChI is InChI=1S/C16H25NO2/c1-11(2)17-15-9-12(3)19-16-6-5-13(7-8-18-4)10-14(15)16/h5-6,10-12,15,17H,7-9H2,1-4H3. The second-order valence-corrected chi connectivity index (χ2v) is 5.65. The van der Waals surface area contributed by atoms with Crippen LogP contribution in [0.3, 0.4) is 0 Å². The van der Waals surface area contributed by atoms with Gasteiger partial charge in [-0.05, 0) is 25.0 Å². The van der Waals surface area contributed by atoms with Gasteiger partial charge in [-0.25, -0.2) is 0 Å². The summed E-state index contributed by atoms with van der Waals surface area (Å²) in [5.41, 5.74) is 2.61. The van der Waals surface area contributed by atoms with Gasteiger partial charge in [0, 0.05) is 31.2 Å². The van der Waals surface area contributed by atoms with Gasteiger partial charge >= 0.3 is 0 Å². The molecule has 3 nitrogen and oxygen atoms in total. The molecule has 1 N–H and O–H groups in total. The van der Waals surface area contributed by atoms with Crippen LogP contribution in [-0.2, 0) is 11.2 Å². The number of hydrogen-bond acceptors (Lipinski definition) is 3. The van der Waals surface area contributed by atoms with E-state index in [-0.39, 0.29) is 6.10 Å². The summed E-state index contributed by atoms with van der Waals surface area (Å²) in [5.74, 6) is 1.03. The number of fused-ring (bicyclic) bond motifs is 1. The zero-order chi connectivity index (χ0) is 13.8. The van der Waals surface area contributed by atoms with E-state index < -0.39 is 0 Å². The van der Waals surface area contributed by atoms with Gasteiger partial charge in [0.2, 0.25) is 0 Å². The third kappa shape index (κ3) is 3.71. The molecule has 0 fully saturated rings. The molecular weight excluding hydrogens is 238 g/mol. The van der Waals surface area contributed by atoms with Crippen LogP contribution >= 0.6 is 0 Å². The molecule has 0 saturated carbocycles. The molecule has 0 amide bonds. The van der Waals surface area contributed by atoms with Crippen molar-refractivity contribution in [3.63, 3.8) is 0 Å². The Bertz CT molecular complexity index is 417. The molecule has 2 unspecified atom stereocenters. The fourth-order valence-corrected chi connectivity index (χ4v) is 2.64. The summed E-state index contributed by atoms with van der Waals surface area (Å²) >= 11 is 0. The van der Waals surface area contributed by atoms with Gasteiger partial charge in [0.25, 0.3) is 0 Å². The molecule has 0 saturated heterocycles. The summed E-state index contributed by atoms with van der Waals surface area (Å²) in [6.07, 6.45) is 2.25. The van der Waals surface area contributed by atoms with Crippen molar-refractivity contribution in [2.75, 3.05) is 13.7 Å². The minimum absolute atomic E-state index is 0.272. The zero-order valence-electron chi connectivity index (χ0n) is 12.4. The molecular formula is C16H25NO2. The number of rotatable bonds is 5. The Balaban J connectivity index is 2.22. The van der Waals surface area contributed by atoms with E-state index in [0.29, 0.717) is 12.1 Å². The predicted molar refractivity (Wildman–Crippen MR) is 77.7 cm³/mol. The van der Waals surface area contributed by atoms with Gasteiger partial charge in [0.15, 0.2) is 0 Å². The number of benzene rings is 1. The lowest BCUT2D eigenvalue weighted by atomic mass is 9.94. The van der Waals surface area contributed by atoms with Gasteiger partial charge in [-0.1, -0.05) is 26.0 Å². The van der Waals surface area contributed by atoms with Crippen molar-refractivity contribution in [1.82, 2.24) is 5.32 Å². The topological polar surface area (TPSA) is 30.5 Å². The Morgan fingerprint density at radius 2 is 2.21 bits per heavy atom. The quantitative estimate of drug-likeness (QED) is 0.885. The lowest BCUT2D eigenvalue weighted by molar-refractivity contribution is 0.163. The van der Waals surface area contributed by atoms with E-state index >= 15 is 0 Å². The van der Waals surface area contributed by atoms with Crippen LogP contribution in [-0.4, -0.2) is 25.9 Å². The van der Waals surface area contributed by atoms with Crippen LogP contribution in [0.15, 0.2) is 18.2 Å². The second-order valence-electron chi connectivity index (χ2n) is 5.65. The first-order valence-electron chi connectivity index (χ1n) is 7.14. The molecule has 1 aromatic rings. The first-order chi connectivity index (χ1) is 9.10. The van der Waals surface area contributed by atoms with Crippen molar-refractivity contribution < 1.29 is 9.47 Å². The Morgan fingerprint density at radius 1 is 1.42 bits per heavy atom. The molecule has 0 bridgehead atoms. The van der Waals surface area contributed by atoms with E-state index in [0.717, 1.165) is 25.2 Å². The van der Waals surface area contributed by atoms with Gasteiger partial charge in [0.1, 0.15) is 5.75 Å². The SMILES string of the molecule is COCCc1ccc2c(c1)C(NC(C)C)CC(C)O2. The molecule has 1 heterocycles. The molecule has 106 valence electrons. The number of hydrogen-bond donors (Lipinski definition) is 1. The predicted octanol–water partition coefficient (Wildman–Crippen LogP) is 3.09. The zero-order valence-corrected chi connectivity index (χ0v) is 12.4. The van der Waals surface area contributed by atoms with Crippen LogP contribution in [0, 0.1) is 0 Å². The monoisotopic (exact) mass is 263 g/mol. The van der Waals surface area contributed by atoms with Gasteiger partial charge in [-0.15, -0.1) is 0 Å². The van der Waals surface area contributed by atoms with E-state index in [1.807, 2.05) is 0 Å². The molecule has 0 spiro atoms. The minimum atomic E-state index is 0.272. The summed E-state index contributed by atoms with van der Waals surface area (Å²) < 4.78 is 11.1. The van der Waals surface area contributed by atoms with Crippen LogP contribution in [0.5, 0.6) is 5.75 Å². The lowest BCUT2D eigenvalue weighted by Gasteiger charge is -2.32. The number of ether oxygens (including phenoxy) is 2. The van der Waals surface area contributed by atoms with E-state index in [9.17, 15) is 0 Å². The highest BCUT2D eigenvalue weighted by atomic mass is 16.5. The number of methoxy groups -OCH3 is 1. The smallest absolute Gasteiger partial charge is 0.124 e. The van der Waals surface area contributed by atoms with Gasteiger partial charge < -0.3 is 14.8 Å². The average molecular weight is 263 g/mol. The third-order valence-corrected chi connectivity index (χ3v) is 3.47. The number of nitrogens with one attached hydrogen (secondary N) is 1. The molecule has 1 aliphatic heterocycles. The van der Waals surface area contributed by atoms with Crippen molar-refractivity contribution in [1.29, 1.82) is 0 Å². The molecule has 1 aromatic carbocycles. The minimum Gasteiger partial charge on any atom is -0.490 e. The van der Waals surface area contributed by atoms with E-state index in [2.05, 4.69) is 44.3 Å². The van der Waals surface area contributed by atoms with Gasteiger partial charge in [0.05, 0.1) is 12.7 Å². The van der Waals surface area contributed by atoms with Crippen molar-refractivity contribution >= 4 is 0 Å². The largest absolute Gasteiger partial charge is 0.490 e. The third-order valence-electron chi connectivity index (χ3n) is 3.47. The first kappa shape index (κ1) is 14.4. The normalized spacial score (nSPS) is 22.2. The van der Waals surface area contributed by atoms with Crippen LogP contribution in [0.4, 0.5) is 0 Å². The van der Waals surface area contributed by atoms with Crippen molar-refractivity contribution in [2.24, 2.45) is 0 Å². The van der Waals surface area contributed by atoms with Gasteiger partial charge in [-0.2, -0.15) is 0 Å². The maximum atomic E-state index is 5.93. The average Bonchev–Trinajstić information content (AvgIpc) is 2.35. The molecule has 0 radical (unpaired) electrons. The molecule has 0 aliphatic carbocycles. The highest BCUT2D eigenvalue weighted by Crippen LogP contribution is 2.35. The summed E-state index contributed by atoms with van der Waals surface area (Å²) in [6.45, 7) is 7.28. The van der Waals surface area contributed by atoms with E-state index in [1.54, 1.807) is 7.11 Å². The summed E-state index contributed by atoms with van der Waals surface area (Å²) in [5, 5.41) is 3.64. The first-order valence-corrected chi connectivity index (χ1v) is 7.14. The molecule has 2 atom stereocenters. The van der Waals surface area contributed by atoms with E-state index in [4.69, 9.17) is 9.47 Å². The van der Waals surface area contributed by atoms with Crippen LogP contribution < -0.4 is 10.1 Å². The Morgan fingerprint density at radius 3 is 2.89 bits per heavy atom. The molecule has 0 aromatic heterocycles. The summed E-state index contributed by atoms with van der Waals surface area (Å²) in [6, 6.07) is 7.38. The van der Waals surface area contributed by atoms with E-state index in [1.165, 1.54) is 11.1 Å². The maximum absolute atomic E-state index is 5.93. The van der Waals surface area contributed by atoms with Crippen molar-refractivity contribution in [2.45, 2.75) is 51.8 Å². The second kappa shape index (κ2) is 6.40. The van der Waals surface area contributed by atoms with Crippen LogP contribution in [0.1, 0.15) is 44.4 Å². The maximum Gasteiger partial charge on any atom is 0.124 e. The van der Waals surface area contributed by atoms with Crippen molar-refractivity contribution in [3.05, 3.63) is 29.3 Å². The lowest BCUT2D eigenvalue weighted by Crippen LogP contribution is -2.35. The Labute approximate surface area is 116 Å². The Hall–Kier alpha value is -1.06. The molecule has 3 heteroatoms. The molecule has 1 aliphatic rings. The fraction of sp³-hybridized carbons (Fsp3) is 0.625. The van der Waals surface area contributed by atoms with Gasteiger partial charge in [-0.3, -0.25) is 0 Å². The molecule has 19 heavy (non-hydrogen) atoms. The fourth-order valence-electron chi connectivity index (χ4n) is 2.64. The summed E-state index contributed by atoms with van der Waals surface area (Å²) in [4.78, 5) is 0. The highest BCUT2D eigenvalue weighted by Gasteiger charge is 2.26. The molecule has 2 rings (SSSR count). The van der Waals surface area contributed by atoms with Crippen LogP contribution in [0.25, 0.3) is 0 Å². The summed E-state index contributed by atoms with van der Waals surface area (Å²) in [7, 11) is 1.74. The highest BCUT2D eigenvalue weighted by molar-refractivity contribution is 5.41.